The van der Waals surface area contributed by atoms with Crippen LogP contribution in [0.2, 0.25) is 0 Å². The summed E-state index contributed by atoms with van der Waals surface area (Å²) in [6.45, 7) is 5.37. The predicted molar refractivity (Wildman–Crippen MR) is 75.5 cm³/mol. The lowest BCUT2D eigenvalue weighted by Gasteiger charge is -2.08. The second kappa shape index (κ2) is 5.44. The van der Waals surface area contributed by atoms with Crippen molar-refractivity contribution in [2.24, 2.45) is 0 Å². The van der Waals surface area contributed by atoms with Crippen LogP contribution in [0.3, 0.4) is 0 Å². The first-order valence-electron chi connectivity index (χ1n) is 5.80. The lowest BCUT2D eigenvalue weighted by molar-refractivity contribution is 0.292. The molecule has 0 saturated heterocycles. The van der Waals surface area contributed by atoms with E-state index >= 15 is 0 Å². The van der Waals surface area contributed by atoms with Crippen molar-refractivity contribution in [2.45, 2.75) is 27.0 Å². The molecule has 96 valence electrons. The average Bonchev–Trinajstić information content (AvgIpc) is 2.66. The number of ether oxygens (including phenoxy) is 1. The minimum absolute atomic E-state index is 0.491. The third kappa shape index (κ3) is 3.04. The van der Waals surface area contributed by atoms with Gasteiger partial charge >= 0.3 is 0 Å². The fourth-order valence-electron chi connectivity index (χ4n) is 1.81. The molecule has 0 aliphatic rings. The van der Waals surface area contributed by atoms with E-state index in [1.54, 1.807) is 0 Å². The van der Waals surface area contributed by atoms with E-state index in [1.165, 1.54) is 0 Å². The Kier molecular flexibility index (Phi) is 3.91. The van der Waals surface area contributed by atoms with Crippen molar-refractivity contribution in [3.63, 3.8) is 0 Å². The molecule has 1 aromatic heterocycles. The molecular weight excluding hydrogens is 294 g/mol. The summed E-state index contributed by atoms with van der Waals surface area (Å²) in [5, 5.41) is 4.38. The Labute approximate surface area is 115 Å². The number of rotatable bonds is 4. The quantitative estimate of drug-likeness (QED) is 0.883. The number of nitrogens with two attached hydrogens (primary N) is 1. The number of halogens is 1. The molecule has 2 rings (SSSR count). The molecule has 1 aromatic carbocycles. The number of hydrogen-bond donors (Lipinski definition) is 1. The maximum atomic E-state index is 5.76. The molecule has 0 radical (unpaired) electrons. The van der Waals surface area contributed by atoms with Crippen LogP contribution in [0.4, 0.5) is 5.69 Å². The van der Waals surface area contributed by atoms with Crippen molar-refractivity contribution in [2.75, 3.05) is 5.73 Å². The monoisotopic (exact) mass is 309 g/mol. The van der Waals surface area contributed by atoms with Crippen molar-refractivity contribution in [1.82, 2.24) is 9.78 Å². The van der Waals surface area contributed by atoms with E-state index in [-0.39, 0.29) is 0 Å². The number of benzene rings is 1. The molecule has 0 aliphatic heterocycles. The SMILES string of the molecule is CCn1nc(C)cc1COc1cc(N)cc(Br)c1. The van der Waals surface area contributed by atoms with Crippen molar-refractivity contribution in [1.29, 1.82) is 0 Å². The first kappa shape index (κ1) is 13.0. The molecule has 2 N–H and O–H groups in total. The van der Waals surface area contributed by atoms with Crippen LogP contribution in [0.1, 0.15) is 18.3 Å². The summed E-state index contributed by atoms with van der Waals surface area (Å²) in [6.07, 6.45) is 0. The molecule has 0 spiro atoms. The van der Waals surface area contributed by atoms with Crippen molar-refractivity contribution in [3.05, 3.63) is 40.1 Å². The van der Waals surface area contributed by atoms with E-state index in [9.17, 15) is 0 Å². The van der Waals surface area contributed by atoms with Gasteiger partial charge in [-0.05, 0) is 32.0 Å². The van der Waals surface area contributed by atoms with Crippen molar-refractivity contribution in [3.8, 4) is 5.75 Å². The van der Waals surface area contributed by atoms with Gasteiger partial charge in [-0.15, -0.1) is 0 Å². The van der Waals surface area contributed by atoms with Crippen molar-refractivity contribution >= 4 is 21.6 Å². The van der Waals surface area contributed by atoms with Crippen LogP contribution in [0.5, 0.6) is 5.75 Å². The fourth-order valence-corrected chi connectivity index (χ4v) is 2.30. The number of nitrogen functional groups attached to an aromatic ring is 1. The van der Waals surface area contributed by atoms with Gasteiger partial charge in [0.05, 0.1) is 11.4 Å². The number of anilines is 1. The predicted octanol–water partition coefficient (Wildman–Crippen LogP) is 3.14. The minimum Gasteiger partial charge on any atom is -0.487 e. The molecule has 0 saturated carbocycles. The zero-order chi connectivity index (χ0) is 13.1. The van der Waals surface area contributed by atoms with Gasteiger partial charge < -0.3 is 10.5 Å². The number of aryl methyl sites for hydroxylation is 2. The molecule has 5 heteroatoms. The Morgan fingerprint density at radius 2 is 2.11 bits per heavy atom. The van der Waals surface area contributed by atoms with E-state index in [0.29, 0.717) is 12.3 Å². The highest BCUT2D eigenvalue weighted by Gasteiger charge is 2.05. The fraction of sp³-hybridized carbons (Fsp3) is 0.308. The van der Waals surface area contributed by atoms with Crippen LogP contribution < -0.4 is 10.5 Å². The van der Waals surface area contributed by atoms with Gasteiger partial charge in [0.1, 0.15) is 12.4 Å². The van der Waals surface area contributed by atoms with Gasteiger partial charge in [0, 0.05) is 22.8 Å². The standard InChI is InChI=1S/C13H16BrN3O/c1-3-17-12(4-9(2)16-17)8-18-13-6-10(14)5-11(15)7-13/h4-7H,3,8,15H2,1-2H3. The van der Waals surface area contributed by atoms with Crippen LogP contribution in [-0.2, 0) is 13.2 Å². The molecule has 18 heavy (non-hydrogen) atoms. The molecule has 0 atom stereocenters. The van der Waals surface area contributed by atoms with E-state index < -0.39 is 0 Å². The summed E-state index contributed by atoms with van der Waals surface area (Å²) >= 11 is 3.39. The summed E-state index contributed by atoms with van der Waals surface area (Å²) in [6, 6.07) is 7.58. The third-order valence-corrected chi connectivity index (χ3v) is 3.02. The molecule has 4 nitrogen and oxygen atoms in total. The smallest absolute Gasteiger partial charge is 0.130 e. The van der Waals surface area contributed by atoms with E-state index in [0.717, 1.165) is 28.2 Å². The molecular formula is C13H16BrN3O. The highest BCUT2D eigenvalue weighted by molar-refractivity contribution is 9.10. The Balaban J connectivity index is 2.11. The van der Waals surface area contributed by atoms with Gasteiger partial charge in [-0.2, -0.15) is 5.10 Å². The first-order chi connectivity index (χ1) is 8.58. The summed E-state index contributed by atoms with van der Waals surface area (Å²) in [7, 11) is 0. The van der Waals surface area contributed by atoms with Gasteiger partial charge in [0.15, 0.2) is 0 Å². The third-order valence-electron chi connectivity index (χ3n) is 2.57. The molecule has 0 unspecified atom stereocenters. The van der Waals surface area contributed by atoms with Gasteiger partial charge in [0.2, 0.25) is 0 Å². The molecule has 0 amide bonds. The first-order valence-corrected chi connectivity index (χ1v) is 6.60. The maximum Gasteiger partial charge on any atom is 0.130 e. The number of aromatic nitrogens is 2. The van der Waals surface area contributed by atoms with Crippen LogP contribution >= 0.6 is 15.9 Å². The second-order valence-corrected chi connectivity index (χ2v) is 5.02. The highest BCUT2D eigenvalue weighted by atomic mass is 79.9. The van der Waals surface area contributed by atoms with Crippen LogP contribution in [0.15, 0.2) is 28.7 Å². The second-order valence-electron chi connectivity index (χ2n) is 4.10. The minimum atomic E-state index is 0.491. The van der Waals surface area contributed by atoms with Crippen LogP contribution in [0.25, 0.3) is 0 Å². The van der Waals surface area contributed by atoms with E-state index in [4.69, 9.17) is 10.5 Å². The van der Waals surface area contributed by atoms with Crippen LogP contribution in [-0.4, -0.2) is 9.78 Å². The number of hydrogen-bond acceptors (Lipinski definition) is 3. The summed E-state index contributed by atoms with van der Waals surface area (Å²) in [5.41, 5.74) is 8.51. The Hall–Kier alpha value is -1.49. The Morgan fingerprint density at radius 3 is 2.78 bits per heavy atom. The molecule has 2 aromatic rings. The zero-order valence-corrected chi connectivity index (χ0v) is 12.1. The highest BCUT2D eigenvalue weighted by Crippen LogP contribution is 2.23. The summed E-state index contributed by atoms with van der Waals surface area (Å²) < 4.78 is 8.59. The Morgan fingerprint density at radius 1 is 1.33 bits per heavy atom. The van der Waals surface area contributed by atoms with Crippen molar-refractivity contribution < 1.29 is 4.74 Å². The lowest BCUT2D eigenvalue weighted by atomic mass is 10.3. The summed E-state index contributed by atoms with van der Waals surface area (Å²) in [4.78, 5) is 0. The van der Waals surface area contributed by atoms with Gasteiger partial charge in [-0.3, -0.25) is 4.68 Å². The largest absolute Gasteiger partial charge is 0.487 e. The average molecular weight is 310 g/mol. The summed E-state index contributed by atoms with van der Waals surface area (Å²) in [5.74, 6) is 0.753. The van der Waals surface area contributed by atoms with Gasteiger partial charge in [-0.1, -0.05) is 15.9 Å². The van der Waals surface area contributed by atoms with Gasteiger partial charge in [0.25, 0.3) is 0 Å². The number of nitrogens with zero attached hydrogens (tertiary/aromatic N) is 2. The van der Waals surface area contributed by atoms with E-state index in [2.05, 4.69) is 28.0 Å². The Bertz CT molecular complexity index is 531. The van der Waals surface area contributed by atoms with E-state index in [1.807, 2.05) is 35.9 Å². The maximum absolute atomic E-state index is 5.76. The molecule has 0 bridgehead atoms. The molecule has 1 heterocycles. The van der Waals surface area contributed by atoms with Gasteiger partial charge in [-0.25, -0.2) is 0 Å². The normalized spacial score (nSPS) is 10.6. The molecule has 0 aliphatic carbocycles. The zero-order valence-electron chi connectivity index (χ0n) is 10.5. The molecule has 0 fully saturated rings. The van der Waals surface area contributed by atoms with Crippen LogP contribution in [0, 0.1) is 6.92 Å². The topological polar surface area (TPSA) is 53.1 Å². The lowest BCUT2D eigenvalue weighted by Crippen LogP contribution is -2.06.